The molecular weight excluding hydrogens is 214 g/mol. The fourth-order valence-electron chi connectivity index (χ4n) is 1.97. The van der Waals surface area contributed by atoms with Gasteiger partial charge in [0.15, 0.2) is 0 Å². The van der Waals surface area contributed by atoms with Crippen molar-refractivity contribution in [1.82, 2.24) is 9.97 Å². The highest BCUT2D eigenvalue weighted by molar-refractivity contribution is 6.29. The van der Waals surface area contributed by atoms with E-state index in [-0.39, 0.29) is 6.10 Å². The van der Waals surface area contributed by atoms with Crippen LogP contribution in [0.2, 0.25) is 5.15 Å². The molecule has 1 N–H and O–H groups in total. The molecule has 1 aromatic rings. The highest BCUT2D eigenvalue weighted by Gasteiger charge is 2.23. The quantitative estimate of drug-likeness (QED) is 0.787. The van der Waals surface area contributed by atoms with Crippen LogP contribution in [-0.4, -0.2) is 34.3 Å². The van der Waals surface area contributed by atoms with E-state index in [4.69, 9.17) is 11.6 Å². The number of hydrogen-bond acceptors (Lipinski definition) is 4. The summed E-state index contributed by atoms with van der Waals surface area (Å²) >= 11 is 5.67. The zero-order valence-electron chi connectivity index (χ0n) is 8.60. The first-order valence-corrected chi connectivity index (χ1v) is 5.43. The number of aliphatic hydroxyl groups is 1. The number of nitrogens with zero attached hydrogens (tertiary/aromatic N) is 3. The maximum absolute atomic E-state index is 9.65. The van der Waals surface area contributed by atoms with E-state index < -0.39 is 0 Å². The first kappa shape index (κ1) is 10.6. The van der Waals surface area contributed by atoms with Gasteiger partial charge in [0.25, 0.3) is 0 Å². The molecule has 15 heavy (non-hydrogen) atoms. The van der Waals surface area contributed by atoms with Crippen LogP contribution in [0.4, 0.5) is 5.82 Å². The van der Waals surface area contributed by atoms with E-state index in [0.717, 1.165) is 18.8 Å². The zero-order valence-corrected chi connectivity index (χ0v) is 9.35. The van der Waals surface area contributed by atoms with Crippen LogP contribution in [-0.2, 0) is 0 Å². The number of hydrogen-bond donors (Lipinski definition) is 1. The Morgan fingerprint density at radius 3 is 2.80 bits per heavy atom. The molecule has 5 heteroatoms. The number of halogens is 1. The normalized spacial score (nSPS) is 26.7. The van der Waals surface area contributed by atoms with Crippen LogP contribution in [0.25, 0.3) is 0 Å². The summed E-state index contributed by atoms with van der Waals surface area (Å²) in [5.41, 5.74) is 0. The number of anilines is 1. The minimum Gasteiger partial charge on any atom is -0.391 e. The van der Waals surface area contributed by atoms with Crippen molar-refractivity contribution in [2.45, 2.75) is 19.4 Å². The standard InChI is InChI=1S/C10H14ClN3O/c1-7-2-8(15)6-14(5-7)10-4-12-9(11)3-13-10/h3-4,7-8,15H,2,5-6H2,1H3/t7-,8+/m1/s1. The molecule has 82 valence electrons. The number of aliphatic hydroxyl groups excluding tert-OH is 1. The molecule has 0 radical (unpaired) electrons. The lowest BCUT2D eigenvalue weighted by Gasteiger charge is -2.34. The minimum absolute atomic E-state index is 0.272. The molecule has 0 aromatic carbocycles. The highest BCUT2D eigenvalue weighted by Crippen LogP contribution is 2.21. The van der Waals surface area contributed by atoms with Gasteiger partial charge in [0, 0.05) is 13.1 Å². The van der Waals surface area contributed by atoms with Crippen LogP contribution in [0.3, 0.4) is 0 Å². The van der Waals surface area contributed by atoms with Crippen molar-refractivity contribution in [3.05, 3.63) is 17.5 Å². The smallest absolute Gasteiger partial charge is 0.147 e. The van der Waals surface area contributed by atoms with Crippen LogP contribution in [0.15, 0.2) is 12.4 Å². The summed E-state index contributed by atoms with van der Waals surface area (Å²) in [5, 5.41) is 10.0. The fraction of sp³-hybridized carbons (Fsp3) is 0.600. The summed E-state index contributed by atoms with van der Waals surface area (Å²) < 4.78 is 0. The SMILES string of the molecule is C[C@@H]1C[C@H](O)CN(c2cnc(Cl)cn2)C1. The molecule has 1 aromatic heterocycles. The third-order valence-corrected chi connectivity index (χ3v) is 2.76. The van der Waals surface area contributed by atoms with Crippen LogP contribution in [0.5, 0.6) is 0 Å². The summed E-state index contributed by atoms with van der Waals surface area (Å²) in [6.07, 6.45) is 3.76. The van der Waals surface area contributed by atoms with Gasteiger partial charge in [0.2, 0.25) is 0 Å². The van der Waals surface area contributed by atoms with Gasteiger partial charge < -0.3 is 10.0 Å². The van der Waals surface area contributed by atoms with Gasteiger partial charge in [-0.25, -0.2) is 9.97 Å². The summed E-state index contributed by atoms with van der Waals surface area (Å²) in [5.74, 6) is 1.26. The van der Waals surface area contributed by atoms with Gasteiger partial charge in [-0.3, -0.25) is 0 Å². The van der Waals surface area contributed by atoms with Crippen molar-refractivity contribution < 1.29 is 5.11 Å². The zero-order chi connectivity index (χ0) is 10.8. The van der Waals surface area contributed by atoms with E-state index in [1.807, 2.05) is 4.90 Å². The van der Waals surface area contributed by atoms with Crippen molar-refractivity contribution in [2.75, 3.05) is 18.0 Å². The van der Waals surface area contributed by atoms with Crippen LogP contribution in [0.1, 0.15) is 13.3 Å². The number of β-amino-alcohol motifs (C(OH)–C–C–N with tert-alkyl or cyclic N) is 1. The van der Waals surface area contributed by atoms with E-state index in [2.05, 4.69) is 16.9 Å². The summed E-state index contributed by atoms with van der Waals surface area (Å²) in [7, 11) is 0. The minimum atomic E-state index is -0.272. The number of piperidine rings is 1. The molecule has 1 aliphatic heterocycles. The molecule has 0 aliphatic carbocycles. The molecule has 2 atom stereocenters. The Morgan fingerprint density at radius 1 is 1.40 bits per heavy atom. The van der Waals surface area contributed by atoms with Gasteiger partial charge in [-0.05, 0) is 12.3 Å². The van der Waals surface area contributed by atoms with Crippen molar-refractivity contribution in [1.29, 1.82) is 0 Å². The molecule has 0 amide bonds. The molecule has 1 fully saturated rings. The Hall–Kier alpha value is -0.870. The molecule has 2 heterocycles. The molecule has 4 nitrogen and oxygen atoms in total. The molecule has 1 aliphatic rings. The second-order valence-corrected chi connectivity index (χ2v) is 4.48. The molecule has 2 rings (SSSR count). The van der Waals surface area contributed by atoms with Crippen LogP contribution >= 0.6 is 11.6 Å². The molecule has 0 spiro atoms. The molecular formula is C10H14ClN3O. The monoisotopic (exact) mass is 227 g/mol. The Labute approximate surface area is 93.9 Å². The third-order valence-electron chi connectivity index (χ3n) is 2.57. The van der Waals surface area contributed by atoms with Gasteiger partial charge in [-0.15, -0.1) is 0 Å². The Morgan fingerprint density at radius 2 is 2.20 bits per heavy atom. The summed E-state index contributed by atoms with van der Waals surface area (Å²) in [4.78, 5) is 10.2. The summed E-state index contributed by atoms with van der Waals surface area (Å²) in [6, 6.07) is 0. The van der Waals surface area contributed by atoms with E-state index in [1.165, 1.54) is 6.20 Å². The largest absolute Gasteiger partial charge is 0.391 e. The van der Waals surface area contributed by atoms with Crippen LogP contribution < -0.4 is 4.90 Å². The Balaban J connectivity index is 2.12. The van der Waals surface area contributed by atoms with Crippen molar-refractivity contribution >= 4 is 17.4 Å². The van der Waals surface area contributed by atoms with E-state index in [0.29, 0.717) is 17.6 Å². The average Bonchev–Trinajstić information content (AvgIpc) is 2.17. The van der Waals surface area contributed by atoms with Crippen molar-refractivity contribution in [3.8, 4) is 0 Å². The van der Waals surface area contributed by atoms with Crippen LogP contribution in [0, 0.1) is 5.92 Å². The topological polar surface area (TPSA) is 49.2 Å². The predicted molar refractivity (Wildman–Crippen MR) is 59.0 cm³/mol. The van der Waals surface area contributed by atoms with Gasteiger partial charge in [-0.2, -0.15) is 0 Å². The molecule has 0 bridgehead atoms. The number of rotatable bonds is 1. The van der Waals surface area contributed by atoms with Gasteiger partial charge in [-0.1, -0.05) is 18.5 Å². The fourth-order valence-corrected chi connectivity index (χ4v) is 2.07. The van der Waals surface area contributed by atoms with Crippen molar-refractivity contribution in [3.63, 3.8) is 0 Å². The van der Waals surface area contributed by atoms with E-state index in [1.54, 1.807) is 6.20 Å². The summed E-state index contributed by atoms with van der Waals surface area (Å²) in [6.45, 7) is 3.66. The van der Waals surface area contributed by atoms with Gasteiger partial charge in [0.1, 0.15) is 11.0 Å². The van der Waals surface area contributed by atoms with Gasteiger partial charge in [0.05, 0.1) is 18.5 Å². The number of aromatic nitrogens is 2. The molecule has 1 saturated heterocycles. The second-order valence-electron chi connectivity index (χ2n) is 4.10. The molecule has 0 saturated carbocycles. The third kappa shape index (κ3) is 2.58. The highest BCUT2D eigenvalue weighted by atomic mass is 35.5. The first-order valence-electron chi connectivity index (χ1n) is 5.05. The van der Waals surface area contributed by atoms with E-state index >= 15 is 0 Å². The average molecular weight is 228 g/mol. The predicted octanol–water partition coefficient (Wildman–Crippen LogP) is 1.34. The van der Waals surface area contributed by atoms with Gasteiger partial charge >= 0.3 is 0 Å². The Kier molecular flexibility index (Phi) is 3.07. The molecule has 0 unspecified atom stereocenters. The van der Waals surface area contributed by atoms with Crippen molar-refractivity contribution in [2.24, 2.45) is 5.92 Å². The maximum Gasteiger partial charge on any atom is 0.147 e. The Bertz CT molecular complexity index is 320. The van der Waals surface area contributed by atoms with E-state index in [9.17, 15) is 5.11 Å². The lowest BCUT2D eigenvalue weighted by molar-refractivity contribution is 0.132. The lowest BCUT2D eigenvalue weighted by atomic mass is 9.98. The maximum atomic E-state index is 9.65. The lowest BCUT2D eigenvalue weighted by Crippen LogP contribution is -2.42. The first-order chi connectivity index (χ1) is 7.15. The second kappa shape index (κ2) is 4.33.